The third kappa shape index (κ3) is 5.43. The van der Waals surface area contributed by atoms with E-state index in [0.717, 1.165) is 47.6 Å². The Labute approximate surface area is 253 Å². The Morgan fingerprint density at radius 1 is 1.18 bits per heavy atom. The predicted octanol–water partition coefficient (Wildman–Crippen LogP) is 4.50. The number of fused-ring (bicyclic) bond motifs is 2. The van der Waals surface area contributed by atoms with E-state index in [1.54, 1.807) is 6.07 Å². The Kier molecular flexibility index (Phi) is 7.33. The first kappa shape index (κ1) is 28.1. The fraction of sp³-hybridized carbons (Fsp3) is 0.300. The Hall–Kier alpha value is -4.64. The number of nitrogens with zero attached hydrogens (tertiary/aromatic N) is 6. The van der Waals surface area contributed by atoms with Gasteiger partial charge in [0.1, 0.15) is 35.7 Å². The van der Waals surface area contributed by atoms with Crippen molar-refractivity contribution in [2.75, 3.05) is 13.2 Å². The summed E-state index contributed by atoms with van der Waals surface area (Å²) < 4.78 is 46.8. The summed E-state index contributed by atoms with van der Waals surface area (Å²) in [6, 6.07) is 11.5. The number of halogens is 3. The molecule has 1 atom stereocenters. The maximum absolute atomic E-state index is 14.3. The first-order valence-electron chi connectivity index (χ1n) is 13.9. The molecule has 224 valence electrons. The van der Waals surface area contributed by atoms with E-state index >= 15 is 0 Å². The quantitative estimate of drug-likeness (QED) is 0.266. The second-order valence-corrected chi connectivity index (χ2v) is 11.2. The zero-order valence-corrected chi connectivity index (χ0v) is 23.9. The minimum absolute atomic E-state index is 0.00893. The van der Waals surface area contributed by atoms with Crippen LogP contribution < -0.4 is 10.5 Å². The van der Waals surface area contributed by atoms with Crippen LogP contribution in [0.1, 0.15) is 34.6 Å². The van der Waals surface area contributed by atoms with Gasteiger partial charge in [-0.05, 0) is 54.8 Å². The molecule has 0 bridgehead atoms. The van der Waals surface area contributed by atoms with Gasteiger partial charge in [0.15, 0.2) is 5.82 Å². The van der Waals surface area contributed by atoms with Crippen molar-refractivity contribution in [2.24, 2.45) is 0 Å². The van der Waals surface area contributed by atoms with Crippen LogP contribution in [0.2, 0.25) is 5.02 Å². The van der Waals surface area contributed by atoms with Crippen LogP contribution in [0.5, 0.6) is 5.88 Å². The second-order valence-electron chi connectivity index (χ2n) is 10.7. The third-order valence-electron chi connectivity index (χ3n) is 7.89. The molecule has 5 aromatic rings. The van der Waals surface area contributed by atoms with E-state index in [0.29, 0.717) is 49.7 Å². The third-order valence-corrected chi connectivity index (χ3v) is 8.11. The van der Waals surface area contributed by atoms with Gasteiger partial charge in [-0.15, -0.1) is 0 Å². The van der Waals surface area contributed by atoms with Gasteiger partial charge in [0.05, 0.1) is 41.5 Å². The van der Waals surface area contributed by atoms with Crippen molar-refractivity contribution < 1.29 is 22.8 Å². The summed E-state index contributed by atoms with van der Waals surface area (Å²) in [4.78, 5) is 25.8. The Balaban J connectivity index is 1.15. The van der Waals surface area contributed by atoms with Crippen LogP contribution in [0.15, 0.2) is 45.7 Å². The lowest BCUT2D eigenvalue weighted by molar-refractivity contribution is -0.0592. The van der Waals surface area contributed by atoms with Gasteiger partial charge >= 0.3 is 5.76 Å². The number of aromatic amines is 1. The van der Waals surface area contributed by atoms with Crippen molar-refractivity contribution in [3.05, 3.63) is 91.8 Å². The average Bonchev–Trinajstić information content (AvgIpc) is 3.56. The lowest BCUT2D eigenvalue weighted by Gasteiger charge is -2.30. The van der Waals surface area contributed by atoms with Crippen LogP contribution >= 0.6 is 11.6 Å². The molecule has 0 spiro atoms. The highest BCUT2D eigenvalue weighted by Gasteiger charge is 2.26. The molecule has 0 unspecified atom stereocenters. The van der Waals surface area contributed by atoms with Gasteiger partial charge in [0, 0.05) is 30.3 Å². The number of hydrogen-bond donors (Lipinski definition) is 1. The number of hydrogen-bond acceptors (Lipinski definition) is 9. The van der Waals surface area contributed by atoms with Gasteiger partial charge in [-0.1, -0.05) is 16.8 Å². The largest absolute Gasteiger partial charge is 0.472 e. The van der Waals surface area contributed by atoms with E-state index in [-0.39, 0.29) is 28.1 Å². The van der Waals surface area contributed by atoms with Crippen molar-refractivity contribution in [1.29, 1.82) is 5.26 Å². The van der Waals surface area contributed by atoms with E-state index in [9.17, 15) is 18.8 Å². The van der Waals surface area contributed by atoms with Crippen LogP contribution in [0.3, 0.4) is 0 Å². The highest BCUT2D eigenvalue weighted by molar-refractivity contribution is 6.30. The molecule has 11 nitrogen and oxygen atoms in total. The number of H-pyrrole nitrogens is 1. The molecular weight excluding hydrogens is 596 g/mol. The molecule has 5 heterocycles. The number of benzene rings is 2. The summed E-state index contributed by atoms with van der Waals surface area (Å²) in [5, 5.41) is 13.4. The Morgan fingerprint density at radius 3 is 2.70 bits per heavy atom. The molecule has 44 heavy (non-hydrogen) atoms. The molecule has 2 aliphatic rings. The maximum atomic E-state index is 14.3. The summed E-state index contributed by atoms with van der Waals surface area (Å²) in [6.07, 6.45) is 1.71. The number of nitrogens with one attached hydrogen (secondary N) is 1. The van der Waals surface area contributed by atoms with Gasteiger partial charge in [-0.3, -0.25) is 14.4 Å². The fourth-order valence-corrected chi connectivity index (χ4v) is 5.70. The van der Waals surface area contributed by atoms with Crippen molar-refractivity contribution in [3.63, 3.8) is 0 Å². The van der Waals surface area contributed by atoms with E-state index < -0.39 is 24.0 Å². The Morgan fingerprint density at radius 2 is 2.00 bits per heavy atom. The van der Waals surface area contributed by atoms with E-state index in [2.05, 4.69) is 35.2 Å². The van der Waals surface area contributed by atoms with Crippen LogP contribution in [-0.4, -0.2) is 48.8 Å². The van der Waals surface area contributed by atoms with E-state index in [1.807, 2.05) is 18.2 Å². The summed E-state index contributed by atoms with van der Waals surface area (Å²) >= 11 is 5.73. The van der Waals surface area contributed by atoms with E-state index in [4.69, 9.17) is 26.1 Å². The molecule has 1 N–H and O–H groups in total. The molecule has 0 radical (unpaired) electrons. The highest BCUT2D eigenvalue weighted by Crippen LogP contribution is 2.29. The van der Waals surface area contributed by atoms with Gasteiger partial charge in [-0.25, -0.2) is 23.5 Å². The lowest BCUT2D eigenvalue weighted by atomic mass is 10.0. The Bertz CT molecular complexity index is 1970. The first-order valence-corrected chi connectivity index (χ1v) is 14.3. The summed E-state index contributed by atoms with van der Waals surface area (Å²) in [7, 11) is 0. The molecule has 1 fully saturated rings. The van der Waals surface area contributed by atoms with Crippen LogP contribution in [0, 0.1) is 23.0 Å². The molecule has 2 aliphatic heterocycles. The topological polar surface area (TPSA) is 135 Å². The minimum atomic E-state index is -0.839. The second kappa shape index (κ2) is 11.5. The van der Waals surface area contributed by atoms with Crippen molar-refractivity contribution >= 4 is 22.6 Å². The normalized spacial score (nSPS) is 16.5. The summed E-state index contributed by atoms with van der Waals surface area (Å²) in [5.41, 5.74) is 3.87. The van der Waals surface area contributed by atoms with Crippen LogP contribution in [-0.2, 0) is 37.4 Å². The number of rotatable bonds is 8. The molecule has 7 rings (SSSR count). The lowest BCUT2D eigenvalue weighted by Crippen LogP contribution is -2.34. The van der Waals surface area contributed by atoms with Crippen molar-refractivity contribution in [2.45, 2.75) is 45.2 Å². The first-order chi connectivity index (χ1) is 21.3. The van der Waals surface area contributed by atoms with Gasteiger partial charge in [0.2, 0.25) is 5.88 Å². The molecule has 14 heteroatoms. The highest BCUT2D eigenvalue weighted by atomic mass is 35.5. The SMILES string of the molecule is N#Cc1cc2c(nc1OCc1c(F)cc(Cl)cc1F)CN(Cc1nc3cc(-c4noc(=O)[nH]4)ccc3n1C[C@@H]1CCO1)CC2. The molecule has 0 amide bonds. The molecular formula is C30H24ClF2N7O4. The number of aromatic nitrogens is 5. The predicted molar refractivity (Wildman–Crippen MR) is 153 cm³/mol. The zero-order valence-electron chi connectivity index (χ0n) is 23.1. The molecule has 0 saturated carbocycles. The van der Waals surface area contributed by atoms with Crippen LogP contribution in [0.25, 0.3) is 22.4 Å². The number of pyridine rings is 1. The fourth-order valence-electron chi connectivity index (χ4n) is 5.51. The zero-order chi connectivity index (χ0) is 30.4. The van der Waals surface area contributed by atoms with Crippen molar-refractivity contribution in [1.82, 2.24) is 29.6 Å². The van der Waals surface area contributed by atoms with Crippen molar-refractivity contribution in [3.8, 4) is 23.3 Å². The van der Waals surface area contributed by atoms with Gasteiger partial charge in [0.25, 0.3) is 0 Å². The van der Waals surface area contributed by atoms with E-state index in [1.165, 1.54) is 0 Å². The minimum Gasteiger partial charge on any atom is -0.472 e. The number of imidazole rings is 1. The number of nitriles is 1. The number of ether oxygens (including phenoxy) is 2. The summed E-state index contributed by atoms with van der Waals surface area (Å²) in [6.45, 7) is 2.60. The molecule has 2 aromatic carbocycles. The maximum Gasteiger partial charge on any atom is 0.439 e. The van der Waals surface area contributed by atoms with Gasteiger partial charge in [-0.2, -0.15) is 5.26 Å². The molecule has 1 saturated heterocycles. The molecule has 0 aliphatic carbocycles. The molecule has 3 aromatic heterocycles. The monoisotopic (exact) mass is 619 g/mol. The smallest absolute Gasteiger partial charge is 0.439 e. The van der Waals surface area contributed by atoms with Crippen LogP contribution in [0.4, 0.5) is 8.78 Å². The standard InChI is InChI=1S/C30H24ClF2N7O4/c31-19-9-22(32)21(23(33)10-19)15-43-29-18(11-34)7-16-3-5-39(13-25(16)36-29)14-27-35-24-8-17(28-37-30(41)44-38-28)1-2-26(24)40(27)12-20-4-6-42-20/h1-2,7-10,20H,3-6,12-15H2,(H,37,38,41)/t20-/m0/s1. The summed E-state index contributed by atoms with van der Waals surface area (Å²) in [5.74, 6) is -1.14. The average molecular weight is 620 g/mol. The van der Waals surface area contributed by atoms with Gasteiger partial charge < -0.3 is 14.0 Å².